The first-order valence-electron chi connectivity index (χ1n) is 8.70. The number of hydrogen-bond donors (Lipinski definition) is 1. The van der Waals surface area contributed by atoms with E-state index in [2.05, 4.69) is 4.98 Å². The highest BCUT2D eigenvalue weighted by Crippen LogP contribution is 2.28. The van der Waals surface area contributed by atoms with Gasteiger partial charge in [-0.1, -0.05) is 12.1 Å². The number of hydrogen-bond acceptors (Lipinski definition) is 6. The molecule has 0 aliphatic carbocycles. The van der Waals surface area contributed by atoms with Crippen molar-refractivity contribution in [2.75, 3.05) is 13.7 Å². The highest BCUT2D eigenvalue weighted by molar-refractivity contribution is 7.11. The summed E-state index contributed by atoms with van der Waals surface area (Å²) in [4.78, 5) is 28.2. The molecule has 0 atom stereocenters. The van der Waals surface area contributed by atoms with E-state index in [1.54, 1.807) is 25.5 Å². The third-order valence-electron chi connectivity index (χ3n) is 4.35. The minimum atomic E-state index is -0.506. The lowest BCUT2D eigenvalue weighted by Crippen LogP contribution is -2.12. The maximum atomic E-state index is 11.9. The second kappa shape index (κ2) is 8.26. The van der Waals surface area contributed by atoms with E-state index in [4.69, 9.17) is 15.2 Å². The highest BCUT2D eigenvalue weighted by atomic mass is 32.1. The van der Waals surface area contributed by atoms with Gasteiger partial charge < -0.3 is 19.8 Å². The van der Waals surface area contributed by atoms with Gasteiger partial charge in [-0.2, -0.15) is 0 Å². The van der Waals surface area contributed by atoms with E-state index < -0.39 is 11.9 Å². The predicted octanol–water partition coefficient (Wildman–Crippen LogP) is 3.25. The molecule has 3 rings (SSSR count). The van der Waals surface area contributed by atoms with E-state index in [-0.39, 0.29) is 11.6 Å². The van der Waals surface area contributed by atoms with E-state index in [0.717, 1.165) is 17.0 Å². The second-order valence-electron chi connectivity index (χ2n) is 6.09. The molecular formula is C20H21N3O4S. The van der Waals surface area contributed by atoms with Gasteiger partial charge in [0.1, 0.15) is 5.75 Å². The number of ether oxygens (including phenoxy) is 2. The molecule has 2 aromatic heterocycles. The standard InChI is InChI=1S/C20H21N3O4S/c1-4-27-20(25)19-22-16(11-28-19)17-9-15(18(21)24)12(2)23(17)10-13-5-7-14(26-3)8-6-13/h5-9,11H,4,10H2,1-3H3,(H2,21,24). The molecule has 2 heterocycles. The molecule has 0 saturated carbocycles. The zero-order valence-electron chi connectivity index (χ0n) is 15.9. The minimum Gasteiger partial charge on any atom is -0.497 e. The van der Waals surface area contributed by atoms with Crippen molar-refractivity contribution in [3.8, 4) is 17.1 Å². The largest absolute Gasteiger partial charge is 0.497 e. The molecule has 0 unspecified atom stereocenters. The number of carbonyl (C=O) groups excluding carboxylic acids is 2. The summed E-state index contributed by atoms with van der Waals surface area (Å²) in [7, 11) is 1.62. The van der Waals surface area contributed by atoms with Crippen molar-refractivity contribution in [2.45, 2.75) is 20.4 Å². The van der Waals surface area contributed by atoms with Crippen molar-refractivity contribution in [1.82, 2.24) is 9.55 Å². The molecule has 2 N–H and O–H groups in total. The SMILES string of the molecule is CCOC(=O)c1nc(-c2cc(C(N)=O)c(C)n2Cc2ccc(OC)cc2)cs1. The number of rotatable bonds is 7. The van der Waals surface area contributed by atoms with Crippen LogP contribution >= 0.6 is 11.3 Å². The van der Waals surface area contributed by atoms with Crippen molar-refractivity contribution < 1.29 is 19.1 Å². The Labute approximate surface area is 166 Å². The molecule has 0 radical (unpaired) electrons. The summed E-state index contributed by atoms with van der Waals surface area (Å²) < 4.78 is 12.2. The normalized spacial score (nSPS) is 10.7. The Balaban J connectivity index is 2.01. The molecule has 1 amide bonds. The Morgan fingerprint density at radius 2 is 1.96 bits per heavy atom. The first-order valence-corrected chi connectivity index (χ1v) is 9.58. The van der Waals surface area contributed by atoms with E-state index in [9.17, 15) is 9.59 Å². The number of benzene rings is 1. The topological polar surface area (TPSA) is 96.4 Å². The fourth-order valence-corrected chi connectivity index (χ4v) is 3.60. The van der Waals surface area contributed by atoms with Gasteiger partial charge in [-0.15, -0.1) is 11.3 Å². The Morgan fingerprint density at radius 3 is 2.57 bits per heavy atom. The summed E-state index contributed by atoms with van der Waals surface area (Å²) in [5.74, 6) is -0.198. The van der Waals surface area contributed by atoms with Gasteiger partial charge in [-0.05, 0) is 37.6 Å². The Bertz CT molecular complexity index is 1010. The van der Waals surface area contributed by atoms with Crippen LogP contribution in [-0.2, 0) is 11.3 Å². The summed E-state index contributed by atoms with van der Waals surface area (Å²) in [5.41, 5.74) is 9.04. The van der Waals surface area contributed by atoms with Crippen LogP contribution in [0.15, 0.2) is 35.7 Å². The molecule has 0 aliphatic heterocycles. The number of esters is 1. The zero-order chi connectivity index (χ0) is 20.3. The summed E-state index contributed by atoms with van der Waals surface area (Å²) in [6, 6.07) is 9.38. The van der Waals surface area contributed by atoms with Gasteiger partial charge in [0.15, 0.2) is 0 Å². The monoisotopic (exact) mass is 399 g/mol. The van der Waals surface area contributed by atoms with Gasteiger partial charge in [0.05, 0.1) is 30.7 Å². The van der Waals surface area contributed by atoms with Crippen molar-refractivity contribution >= 4 is 23.2 Å². The van der Waals surface area contributed by atoms with E-state index >= 15 is 0 Å². The van der Waals surface area contributed by atoms with Gasteiger partial charge >= 0.3 is 5.97 Å². The summed E-state index contributed by atoms with van der Waals surface area (Å²) >= 11 is 1.20. The van der Waals surface area contributed by atoms with E-state index in [0.29, 0.717) is 23.5 Å². The van der Waals surface area contributed by atoms with E-state index in [1.165, 1.54) is 11.3 Å². The molecule has 1 aromatic carbocycles. The molecule has 0 fully saturated rings. The lowest BCUT2D eigenvalue weighted by atomic mass is 10.2. The lowest BCUT2D eigenvalue weighted by Gasteiger charge is -2.11. The first-order chi connectivity index (χ1) is 13.4. The van der Waals surface area contributed by atoms with Crippen molar-refractivity contribution in [3.63, 3.8) is 0 Å². The van der Waals surface area contributed by atoms with Crippen LogP contribution in [0.1, 0.15) is 38.3 Å². The van der Waals surface area contributed by atoms with Crippen LogP contribution in [0.4, 0.5) is 0 Å². The van der Waals surface area contributed by atoms with Gasteiger partial charge in [-0.3, -0.25) is 4.79 Å². The van der Waals surface area contributed by atoms with Crippen LogP contribution in [0.2, 0.25) is 0 Å². The summed E-state index contributed by atoms with van der Waals surface area (Å²) in [5, 5.41) is 2.04. The van der Waals surface area contributed by atoms with Crippen LogP contribution < -0.4 is 10.5 Å². The molecule has 0 bridgehead atoms. The molecule has 7 nitrogen and oxygen atoms in total. The van der Waals surface area contributed by atoms with Gasteiger partial charge in [0.25, 0.3) is 5.91 Å². The molecule has 0 spiro atoms. The van der Waals surface area contributed by atoms with Crippen LogP contribution in [-0.4, -0.2) is 35.1 Å². The third-order valence-corrected chi connectivity index (χ3v) is 5.17. The number of carbonyl (C=O) groups is 2. The van der Waals surface area contributed by atoms with Gasteiger partial charge in [0.2, 0.25) is 5.01 Å². The smallest absolute Gasteiger partial charge is 0.367 e. The van der Waals surface area contributed by atoms with Crippen LogP contribution in [0.3, 0.4) is 0 Å². The van der Waals surface area contributed by atoms with Gasteiger partial charge in [0, 0.05) is 17.6 Å². The number of aromatic nitrogens is 2. The second-order valence-corrected chi connectivity index (χ2v) is 6.94. The molecule has 3 aromatic rings. The van der Waals surface area contributed by atoms with Gasteiger partial charge in [-0.25, -0.2) is 9.78 Å². The number of nitrogens with two attached hydrogens (primary N) is 1. The molecule has 146 valence electrons. The predicted molar refractivity (Wildman–Crippen MR) is 107 cm³/mol. The molecule has 0 aliphatic rings. The molecule has 28 heavy (non-hydrogen) atoms. The highest BCUT2D eigenvalue weighted by Gasteiger charge is 2.20. The van der Waals surface area contributed by atoms with Crippen LogP contribution in [0.25, 0.3) is 11.4 Å². The molecule has 0 saturated heterocycles. The van der Waals surface area contributed by atoms with Crippen LogP contribution in [0.5, 0.6) is 5.75 Å². The third kappa shape index (κ3) is 3.91. The average molecular weight is 399 g/mol. The molecule has 8 heteroatoms. The number of thiazole rings is 1. The van der Waals surface area contributed by atoms with Crippen molar-refractivity contribution in [1.29, 1.82) is 0 Å². The maximum Gasteiger partial charge on any atom is 0.367 e. The van der Waals surface area contributed by atoms with Crippen molar-refractivity contribution in [3.05, 3.63) is 57.5 Å². The Kier molecular flexibility index (Phi) is 5.79. The van der Waals surface area contributed by atoms with E-state index in [1.807, 2.05) is 35.8 Å². The maximum absolute atomic E-state index is 11.9. The fraction of sp³-hybridized carbons (Fsp3) is 0.250. The summed E-state index contributed by atoms with van der Waals surface area (Å²) in [6.07, 6.45) is 0. The number of primary amides is 1. The summed E-state index contributed by atoms with van der Waals surface area (Å²) in [6.45, 7) is 4.39. The first kappa shape index (κ1) is 19.6. The number of nitrogens with zero attached hydrogens (tertiary/aromatic N) is 2. The zero-order valence-corrected chi connectivity index (χ0v) is 16.7. The molecular weight excluding hydrogens is 378 g/mol. The average Bonchev–Trinajstić information content (AvgIpc) is 3.28. The quantitative estimate of drug-likeness (QED) is 0.615. The lowest BCUT2D eigenvalue weighted by molar-refractivity contribution is 0.0526. The number of methoxy groups -OCH3 is 1. The number of amides is 1. The fourth-order valence-electron chi connectivity index (χ4n) is 2.90. The van der Waals surface area contributed by atoms with Crippen LogP contribution in [0, 0.1) is 6.92 Å². The minimum absolute atomic E-state index is 0.271. The van der Waals surface area contributed by atoms with Crippen molar-refractivity contribution in [2.24, 2.45) is 5.73 Å². The Hall–Kier alpha value is -3.13. The Morgan fingerprint density at radius 1 is 1.25 bits per heavy atom.